The number of hydrogen-bond donors (Lipinski definition) is 1. The number of esters is 1. The Balaban J connectivity index is 2.16. The molecule has 7 nitrogen and oxygen atoms in total. The number of likely N-dealkylation sites (tertiary alicyclic amines) is 1. The Morgan fingerprint density at radius 1 is 1.18 bits per heavy atom. The number of carboxylic acids is 1. The van der Waals surface area contributed by atoms with Gasteiger partial charge in [0.1, 0.15) is 5.60 Å². The predicted molar refractivity (Wildman–Crippen MR) is 76.2 cm³/mol. The van der Waals surface area contributed by atoms with Crippen molar-refractivity contribution in [3.8, 4) is 0 Å². The standard InChI is InChI=1S/C15H23NO6/c1-14(2,3)22-13(20)16-6-5-15(16)7-9(11(17)18)10(8-15)12(19)21-4/h9-10H,5-8H2,1-4H3,(H,17,18)/t9-,10+,15?/m1/s1. The predicted octanol–water partition coefficient (Wildman–Crippen LogP) is 1.65. The number of carbonyl (C=O) groups is 3. The third kappa shape index (κ3) is 2.89. The lowest BCUT2D eigenvalue weighted by molar-refractivity contribution is -0.154. The Morgan fingerprint density at radius 2 is 1.77 bits per heavy atom. The maximum absolute atomic E-state index is 12.3. The van der Waals surface area contributed by atoms with Crippen LogP contribution >= 0.6 is 0 Å². The zero-order chi connectivity index (χ0) is 16.7. The Morgan fingerprint density at radius 3 is 2.18 bits per heavy atom. The van der Waals surface area contributed by atoms with Gasteiger partial charge in [0.15, 0.2) is 0 Å². The molecule has 1 N–H and O–H groups in total. The third-order valence-electron chi connectivity index (χ3n) is 4.49. The van der Waals surface area contributed by atoms with Crippen LogP contribution in [0.1, 0.15) is 40.0 Å². The maximum Gasteiger partial charge on any atom is 0.410 e. The van der Waals surface area contributed by atoms with Crippen molar-refractivity contribution in [3.05, 3.63) is 0 Å². The summed E-state index contributed by atoms with van der Waals surface area (Å²) in [6, 6.07) is 0. The van der Waals surface area contributed by atoms with Crippen LogP contribution in [0.3, 0.4) is 0 Å². The molecule has 0 radical (unpaired) electrons. The number of rotatable bonds is 2. The minimum atomic E-state index is -1.02. The van der Waals surface area contributed by atoms with E-state index in [4.69, 9.17) is 9.47 Å². The van der Waals surface area contributed by atoms with Crippen molar-refractivity contribution < 1.29 is 29.0 Å². The van der Waals surface area contributed by atoms with Crippen LogP contribution in [0, 0.1) is 11.8 Å². The molecule has 124 valence electrons. The van der Waals surface area contributed by atoms with E-state index in [1.54, 1.807) is 25.7 Å². The third-order valence-corrected chi connectivity index (χ3v) is 4.49. The van der Waals surface area contributed by atoms with E-state index in [0.717, 1.165) is 0 Å². The first-order valence-corrected chi connectivity index (χ1v) is 7.41. The summed E-state index contributed by atoms with van der Waals surface area (Å²) in [5, 5.41) is 9.35. The second-order valence-corrected chi connectivity index (χ2v) is 7.09. The topological polar surface area (TPSA) is 93.1 Å². The summed E-state index contributed by atoms with van der Waals surface area (Å²) in [7, 11) is 1.25. The van der Waals surface area contributed by atoms with Crippen LogP contribution < -0.4 is 0 Å². The molecule has 0 bridgehead atoms. The van der Waals surface area contributed by atoms with Crippen molar-refractivity contribution in [2.45, 2.75) is 51.2 Å². The smallest absolute Gasteiger partial charge is 0.410 e. The van der Waals surface area contributed by atoms with Gasteiger partial charge in [0.25, 0.3) is 0 Å². The van der Waals surface area contributed by atoms with Crippen molar-refractivity contribution in [2.24, 2.45) is 11.8 Å². The van der Waals surface area contributed by atoms with Crippen molar-refractivity contribution in [2.75, 3.05) is 13.7 Å². The fourth-order valence-corrected chi connectivity index (χ4v) is 3.41. The molecule has 1 unspecified atom stereocenters. The lowest BCUT2D eigenvalue weighted by Crippen LogP contribution is -2.61. The SMILES string of the molecule is COC(=O)[C@H]1CC2(CCN2C(=O)OC(C)(C)C)C[C@H]1C(=O)O. The minimum absolute atomic E-state index is 0.265. The molecule has 0 aromatic carbocycles. The Hall–Kier alpha value is -1.79. The van der Waals surface area contributed by atoms with Crippen LogP contribution in [0.15, 0.2) is 0 Å². The fraction of sp³-hybridized carbons (Fsp3) is 0.800. The number of ether oxygens (including phenoxy) is 2. The van der Waals surface area contributed by atoms with E-state index in [2.05, 4.69) is 0 Å². The molecule has 1 spiro atoms. The van der Waals surface area contributed by atoms with Crippen LogP contribution in [-0.2, 0) is 19.1 Å². The summed E-state index contributed by atoms with van der Waals surface area (Å²) < 4.78 is 10.1. The highest BCUT2D eigenvalue weighted by Crippen LogP contribution is 2.50. The highest BCUT2D eigenvalue weighted by Gasteiger charge is 2.59. The van der Waals surface area contributed by atoms with Crippen molar-refractivity contribution in [1.82, 2.24) is 4.90 Å². The first-order chi connectivity index (χ1) is 10.1. The van der Waals surface area contributed by atoms with Crippen LogP contribution in [0.5, 0.6) is 0 Å². The molecule has 1 aliphatic carbocycles. The van der Waals surface area contributed by atoms with Crippen molar-refractivity contribution in [1.29, 1.82) is 0 Å². The first kappa shape index (κ1) is 16.6. The summed E-state index contributed by atoms with van der Waals surface area (Å²) in [5.41, 5.74) is -1.20. The summed E-state index contributed by atoms with van der Waals surface area (Å²) in [6.45, 7) is 5.87. The molecule has 1 amide bonds. The van der Waals surface area contributed by atoms with Gasteiger partial charge in [-0.05, 0) is 40.0 Å². The fourth-order valence-electron chi connectivity index (χ4n) is 3.41. The lowest BCUT2D eigenvalue weighted by Gasteiger charge is -2.50. The van der Waals surface area contributed by atoms with Gasteiger partial charge in [0.05, 0.1) is 18.9 Å². The van der Waals surface area contributed by atoms with Gasteiger partial charge in [-0.1, -0.05) is 0 Å². The molecule has 3 atom stereocenters. The first-order valence-electron chi connectivity index (χ1n) is 7.41. The van der Waals surface area contributed by atoms with Crippen LogP contribution in [0.25, 0.3) is 0 Å². The molecular weight excluding hydrogens is 290 g/mol. The van der Waals surface area contributed by atoms with Crippen molar-refractivity contribution in [3.63, 3.8) is 0 Å². The zero-order valence-electron chi connectivity index (χ0n) is 13.4. The number of methoxy groups -OCH3 is 1. The Bertz CT molecular complexity index is 497. The van der Waals surface area contributed by atoms with Crippen LogP contribution in [0.2, 0.25) is 0 Å². The second kappa shape index (κ2) is 5.44. The monoisotopic (exact) mass is 313 g/mol. The number of nitrogens with zero attached hydrogens (tertiary/aromatic N) is 1. The molecular formula is C15H23NO6. The molecule has 1 saturated carbocycles. The van der Waals surface area contributed by atoms with Gasteiger partial charge in [-0.2, -0.15) is 0 Å². The van der Waals surface area contributed by atoms with E-state index < -0.39 is 41.0 Å². The van der Waals surface area contributed by atoms with Gasteiger partial charge in [-0.15, -0.1) is 0 Å². The second-order valence-electron chi connectivity index (χ2n) is 7.09. The van der Waals surface area contributed by atoms with E-state index in [1.807, 2.05) is 0 Å². The quantitative estimate of drug-likeness (QED) is 0.779. The number of carbonyl (C=O) groups excluding carboxylic acids is 2. The Kier molecular flexibility index (Phi) is 4.10. The lowest BCUT2D eigenvalue weighted by atomic mass is 9.82. The van der Waals surface area contributed by atoms with E-state index in [0.29, 0.717) is 19.4 Å². The highest BCUT2D eigenvalue weighted by atomic mass is 16.6. The van der Waals surface area contributed by atoms with Crippen LogP contribution in [0.4, 0.5) is 4.79 Å². The average Bonchev–Trinajstić information content (AvgIpc) is 2.77. The highest BCUT2D eigenvalue weighted by molar-refractivity contribution is 5.83. The zero-order valence-corrected chi connectivity index (χ0v) is 13.4. The average molecular weight is 313 g/mol. The molecule has 0 aromatic heterocycles. The summed E-state index contributed by atoms with van der Waals surface area (Å²) in [4.78, 5) is 37.1. The molecule has 1 saturated heterocycles. The van der Waals surface area contributed by atoms with Gasteiger partial charge in [0, 0.05) is 12.1 Å². The molecule has 7 heteroatoms. The molecule has 2 rings (SSSR count). The Labute approximate surface area is 129 Å². The number of amides is 1. The van der Waals surface area contributed by atoms with Gasteiger partial charge >= 0.3 is 18.0 Å². The molecule has 0 aromatic rings. The number of aliphatic carboxylic acids is 1. The molecule has 1 aliphatic heterocycles. The van der Waals surface area contributed by atoms with E-state index in [9.17, 15) is 19.5 Å². The normalized spacial score (nSPS) is 30.8. The molecule has 22 heavy (non-hydrogen) atoms. The molecule has 2 fully saturated rings. The molecule has 2 aliphatic rings. The summed E-state index contributed by atoms with van der Waals surface area (Å²) in [5.74, 6) is -3.09. The van der Waals surface area contributed by atoms with Gasteiger partial charge in [0.2, 0.25) is 0 Å². The van der Waals surface area contributed by atoms with E-state index >= 15 is 0 Å². The van der Waals surface area contributed by atoms with E-state index in [-0.39, 0.29) is 6.42 Å². The number of carboxylic acid groups (broad SMARTS) is 1. The minimum Gasteiger partial charge on any atom is -0.481 e. The summed E-state index contributed by atoms with van der Waals surface area (Å²) in [6.07, 6.45) is 0.814. The van der Waals surface area contributed by atoms with Crippen LogP contribution in [-0.4, -0.2) is 52.8 Å². The van der Waals surface area contributed by atoms with E-state index in [1.165, 1.54) is 7.11 Å². The summed E-state index contributed by atoms with van der Waals surface area (Å²) >= 11 is 0. The maximum atomic E-state index is 12.3. The van der Waals surface area contributed by atoms with Gasteiger partial charge in [-0.25, -0.2) is 4.79 Å². The van der Waals surface area contributed by atoms with Gasteiger partial charge < -0.3 is 19.5 Å². The van der Waals surface area contributed by atoms with Crippen molar-refractivity contribution >= 4 is 18.0 Å². The van der Waals surface area contributed by atoms with Gasteiger partial charge in [-0.3, -0.25) is 9.59 Å². The molecule has 1 heterocycles. The largest absolute Gasteiger partial charge is 0.481 e. The number of hydrogen-bond acceptors (Lipinski definition) is 5.